The van der Waals surface area contributed by atoms with E-state index in [1.807, 2.05) is 12.3 Å². The lowest BCUT2D eigenvalue weighted by atomic mass is 10.00. The maximum atomic E-state index is 5.75. The van der Waals surface area contributed by atoms with Gasteiger partial charge >= 0.3 is 0 Å². The molecule has 0 aliphatic rings. The normalized spacial score (nSPS) is 12.4. The highest BCUT2D eigenvalue weighted by Crippen LogP contribution is 2.18. The summed E-state index contributed by atoms with van der Waals surface area (Å²) in [5.74, 6) is 0.490. The Balaban J connectivity index is 2.43. The van der Waals surface area contributed by atoms with Gasteiger partial charge in [-0.2, -0.15) is 0 Å². The van der Waals surface area contributed by atoms with Crippen LogP contribution in [0, 0.1) is 5.92 Å². The first-order valence-electron chi connectivity index (χ1n) is 5.96. The summed E-state index contributed by atoms with van der Waals surface area (Å²) in [6.07, 6.45) is 3.99. The van der Waals surface area contributed by atoms with Gasteiger partial charge in [-0.1, -0.05) is 37.6 Å². The fraction of sp³-hybridized carbons (Fsp3) is 0.267. The van der Waals surface area contributed by atoms with E-state index in [0.717, 1.165) is 5.52 Å². The summed E-state index contributed by atoms with van der Waals surface area (Å²) in [6.45, 7) is 4.95. The molecule has 1 aromatic carbocycles. The van der Waals surface area contributed by atoms with E-state index in [0.29, 0.717) is 12.5 Å². The van der Waals surface area contributed by atoms with Gasteiger partial charge in [0.25, 0.3) is 0 Å². The zero-order valence-corrected chi connectivity index (χ0v) is 10.4. The van der Waals surface area contributed by atoms with Crippen LogP contribution in [0.2, 0.25) is 0 Å². The predicted molar refractivity (Wildman–Crippen MR) is 73.6 cm³/mol. The van der Waals surface area contributed by atoms with E-state index in [9.17, 15) is 0 Å². The predicted octanol–water partition coefficient (Wildman–Crippen LogP) is 3.23. The third kappa shape index (κ3) is 2.71. The molecule has 0 saturated carbocycles. The Labute approximate surface area is 102 Å². The number of hydrogen-bond acceptors (Lipinski definition) is 2. The van der Waals surface area contributed by atoms with Gasteiger partial charge in [0.15, 0.2) is 0 Å². The average Bonchev–Trinajstić information content (AvgIpc) is 2.35. The van der Waals surface area contributed by atoms with Crippen LogP contribution in [0.1, 0.15) is 19.4 Å². The van der Waals surface area contributed by atoms with E-state index in [-0.39, 0.29) is 0 Å². The van der Waals surface area contributed by atoms with Crippen LogP contribution in [0.15, 0.2) is 42.1 Å². The van der Waals surface area contributed by atoms with E-state index in [1.54, 1.807) is 0 Å². The highest BCUT2D eigenvalue weighted by molar-refractivity contribution is 5.81. The molecule has 0 radical (unpaired) electrons. The number of fused-ring (bicyclic) bond motifs is 1. The summed E-state index contributed by atoms with van der Waals surface area (Å²) in [6, 6.07) is 10.3. The zero-order chi connectivity index (χ0) is 12.3. The average molecular weight is 226 g/mol. The SMILES string of the molecule is CC(C)C(=Cc1ccc2ncccc2c1)CN. The maximum absolute atomic E-state index is 5.75. The van der Waals surface area contributed by atoms with Gasteiger partial charge in [0, 0.05) is 18.1 Å². The summed E-state index contributed by atoms with van der Waals surface area (Å²) < 4.78 is 0. The third-order valence-electron chi connectivity index (χ3n) is 2.96. The van der Waals surface area contributed by atoms with Gasteiger partial charge in [0.2, 0.25) is 0 Å². The van der Waals surface area contributed by atoms with Crippen molar-refractivity contribution in [1.82, 2.24) is 4.98 Å². The van der Waals surface area contributed by atoms with Gasteiger partial charge in [-0.25, -0.2) is 0 Å². The van der Waals surface area contributed by atoms with E-state index in [2.05, 4.69) is 49.2 Å². The molecule has 0 unspecified atom stereocenters. The molecule has 0 aliphatic heterocycles. The van der Waals surface area contributed by atoms with Gasteiger partial charge in [-0.05, 0) is 29.7 Å². The Morgan fingerprint density at radius 1 is 1.35 bits per heavy atom. The highest BCUT2D eigenvalue weighted by atomic mass is 14.6. The lowest BCUT2D eigenvalue weighted by Gasteiger charge is -2.08. The first-order chi connectivity index (χ1) is 8.20. The zero-order valence-electron chi connectivity index (χ0n) is 10.4. The number of aromatic nitrogens is 1. The first-order valence-corrected chi connectivity index (χ1v) is 5.96. The number of nitrogens with two attached hydrogens (primary N) is 1. The first kappa shape index (κ1) is 11.8. The van der Waals surface area contributed by atoms with Gasteiger partial charge in [0.05, 0.1) is 5.52 Å². The van der Waals surface area contributed by atoms with Gasteiger partial charge in [-0.15, -0.1) is 0 Å². The van der Waals surface area contributed by atoms with Crippen molar-refractivity contribution in [3.8, 4) is 0 Å². The molecule has 2 N–H and O–H groups in total. The monoisotopic (exact) mass is 226 g/mol. The van der Waals surface area contributed by atoms with Crippen LogP contribution in [0.4, 0.5) is 0 Å². The Kier molecular flexibility index (Phi) is 3.55. The molecule has 0 atom stereocenters. The van der Waals surface area contributed by atoms with Crippen LogP contribution in [0.25, 0.3) is 17.0 Å². The molecule has 0 saturated heterocycles. The van der Waals surface area contributed by atoms with Crippen molar-refractivity contribution in [1.29, 1.82) is 0 Å². The van der Waals surface area contributed by atoms with Crippen molar-refractivity contribution in [2.75, 3.05) is 6.54 Å². The van der Waals surface area contributed by atoms with Crippen molar-refractivity contribution in [2.24, 2.45) is 11.7 Å². The molecule has 0 aliphatic carbocycles. The molecule has 0 fully saturated rings. The van der Waals surface area contributed by atoms with Gasteiger partial charge in [-0.3, -0.25) is 4.98 Å². The largest absolute Gasteiger partial charge is 0.327 e. The minimum Gasteiger partial charge on any atom is -0.327 e. The molecule has 0 amide bonds. The van der Waals surface area contributed by atoms with Crippen LogP contribution >= 0.6 is 0 Å². The maximum Gasteiger partial charge on any atom is 0.0702 e. The standard InChI is InChI=1S/C15H18N2/c1-11(2)14(10-16)9-12-5-6-15-13(8-12)4-3-7-17-15/h3-9,11H,10,16H2,1-2H3. The van der Waals surface area contributed by atoms with Crippen molar-refractivity contribution in [3.05, 3.63) is 47.7 Å². The van der Waals surface area contributed by atoms with Crippen LogP contribution < -0.4 is 5.73 Å². The topological polar surface area (TPSA) is 38.9 Å². The lowest BCUT2D eigenvalue weighted by Crippen LogP contribution is -2.08. The van der Waals surface area contributed by atoms with Crippen LogP contribution in [-0.2, 0) is 0 Å². The second-order valence-corrected chi connectivity index (χ2v) is 4.53. The van der Waals surface area contributed by atoms with E-state index in [4.69, 9.17) is 5.73 Å². The molecule has 1 aromatic heterocycles. The second kappa shape index (κ2) is 5.11. The number of pyridine rings is 1. The molecule has 88 valence electrons. The second-order valence-electron chi connectivity index (χ2n) is 4.53. The molecular formula is C15H18N2. The molecule has 0 bridgehead atoms. The molecule has 2 nitrogen and oxygen atoms in total. The minimum absolute atomic E-state index is 0.490. The minimum atomic E-state index is 0.490. The summed E-state index contributed by atoms with van der Waals surface area (Å²) in [5.41, 5.74) is 9.25. The molecule has 2 aromatic rings. The Bertz CT molecular complexity index is 541. The quantitative estimate of drug-likeness (QED) is 0.872. The Hall–Kier alpha value is -1.67. The summed E-state index contributed by atoms with van der Waals surface area (Å²) >= 11 is 0. The molecule has 2 heteroatoms. The molecule has 2 rings (SSSR count). The molecule has 0 spiro atoms. The Morgan fingerprint density at radius 3 is 2.88 bits per heavy atom. The number of hydrogen-bond donors (Lipinski definition) is 1. The molecular weight excluding hydrogens is 208 g/mol. The summed E-state index contributed by atoms with van der Waals surface area (Å²) in [5, 5.41) is 1.17. The van der Waals surface area contributed by atoms with E-state index >= 15 is 0 Å². The fourth-order valence-electron chi connectivity index (χ4n) is 1.86. The summed E-state index contributed by atoms with van der Waals surface area (Å²) in [7, 11) is 0. The Morgan fingerprint density at radius 2 is 2.18 bits per heavy atom. The highest BCUT2D eigenvalue weighted by Gasteiger charge is 2.01. The lowest BCUT2D eigenvalue weighted by molar-refractivity contribution is 0.753. The van der Waals surface area contributed by atoms with E-state index in [1.165, 1.54) is 16.5 Å². The van der Waals surface area contributed by atoms with Gasteiger partial charge in [0.1, 0.15) is 0 Å². The third-order valence-corrected chi connectivity index (χ3v) is 2.96. The number of nitrogens with zero attached hydrogens (tertiary/aromatic N) is 1. The number of rotatable bonds is 3. The van der Waals surface area contributed by atoms with E-state index < -0.39 is 0 Å². The smallest absolute Gasteiger partial charge is 0.0702 e. The molecule has 17 heavy (non-hydrogen) atoms. The number of benzene rings is 1. The molecule has 1 heterocycles. The van der Waals surface area contributed by atoms with Crippen molar-refractivity contribution < 1.29 is 0 Å². The van der Waals surface area contributed by atoms with Crippen LogP contribution in [0.3, 0.4) is 0 Å². The van der Waals surface area contributed by atoms with Crippen LogP contribution in [0.5, 0.6) is 0 Å². The van der Waals surface area contributed by atoms with Crippen molar-refractivity contribution in [2.45, 2.75) is 13.8 Å². The fourth-order valence-corrected chi connectivity index (χ4v) is 1.86. The van der Waals surface area contributed by atoms with Crippen LogP contribution in [-0.4, -0.2) is 11.5 Å². The van der Waals surface area contributed by atoms with Gasteiger partial charge < -0.3 is 5.73 Å². The van der Waals surface area contributed by atoms with Crippen molar-refractivity contribution >= 4 is 17.0 Å². The summed E-state index contributed by atoms with van der Waals surface area (Å²) in [4.78, 5) is 4.31. The van der Waals surface area contributed by atoms with Crippen molar-refractivity contribution in [3.63, 3.8) is 0 Å².